The molecule has 2 aromatic rings. The maximum Gasteiger partial charge on any atom is 0.256 e. The molecule has 1 aliphatic heterocycles. The summed E-state index contributed by atoms with van der Waals surface area (Å²) in [6.07, 6.45) is 1.03. The number of halogens is 1. The fraction of sp³-hybridized carbons (Fsp3) is 0.333. The van der Waals surface area contributed by atoms with Crippen molar-refractivity contribution in [1.29, 1.82) is 0 Å². The van der Waals surface area contributed by atoms with E-state index in [0.29, 0.717) is 53.8 Å². The zero-order chi connectivity index (χ0) is 22.6. The van der Waals surface area contributed by atoms with Crippen molar-refractivity contribution in [3.8, 4) is 0 Å². The second-order valence-electron chi connectivity index (χ2n) is 7.20. The molecule has 0 radical (unpaired) electrons. The van der Waals surface area contributed by atoms with Gasteiger partial charge in [-0.25, -0.2) is 8.42 Å². The molecule has 1 aliphatic rings. The molecule has 0 saturated carbocycles. The van der Waals surface area contributed by atoms with Gasteiger partial charge in [-0.15, -0.1) is 0 Å². The fourth-order valence-electron chi connectivity index (χ4n) is 3.32. The van der Waals surface area contributed by atoms with Crippen molar-refractivity contribution in [1.82, 2.24) is 4.90 Å². The van der Waals surface area contributed by atoms with Crippen LogP contribution >= 0.6 is 11.6 Å². The van der Waals surface area contributed by atoms with E-state index in [-0.39, 0.29) is 5.91 Å². The quantitative estimate of drug-likeness (QED) is 0.707. The number of hydrogen-bond acceptors (Lipinski definition) is 5. The van der Waals surface area contributed by atoms with E-state index in [2.05, 4.69) is 5.32 Å². The number of nitrogens with one attached hydrogen (secondary N) is 1. The number of amides is 2. The molecule has 2 amide bonds. The molecule has 0 aliphatic carbocycles. The molecule has 0 spiro atoms. The summed E-state index contributed by atoms with van der Waals surface area (Å²) in [7, 11) is -3.74. The van der Waals surface area contributed by atoms with Crippen LogP contribution in [-0.2, 0) is 19.6 Å². The van der Waals surface area contributed by atoms with Crippen LogP contribution in [0.25, 0.3) is 0 Å². The second-order valence-corrected chi connectivity index (χ2v) is 9.54. The van der Waals surface area contributed by atoms with E-state index in [0.717, 1.165) is 10.6 Å². The molecule has 0 unspecified atom stereocenters. The predicted molar refractivity (Wildman–Crippen MR) is 120 cm³/mol. The van der Waals surface area contributed by atoms with Gasteiger partial charge < -0.3 is 15.0 Å². The Morgan fingerprint density at radius 1 is 1.16 bits per heavy atom. The van der Waals surface area contributed by atoms with Crippen molar-refractivity contribution < 1.29 is 22.7 Å². The van der Waals surface area contributed by atoms with Crippen LogP contribution in [0.3, 0.4) is 0 Å². The van der Waals surface area contributed by atoms with E-state index >= 15 is 0 Å². The summed E-state index contributed by atoms with van der Waals surface area (Å²) in [5, 5.41) is 3.15. The number of ether oxygens (including phenoxy) is 1. The van der Waals surface area contributed by atoms with Crippen molar-refractivity contribution in [2.45, 2.75) is 6.92 Å². The highest BCUT2D eigenvalue weighted by Crippen LogP contribution is 2.26. The molecule has 0 bridgehead atoms. The van der Waals surface area contributed by atoms with Gasteiger partial charge in [0.1, 0.15) is 6.54 Å². The second kappa shape index (κ2) is 9.67. The molecule has 31 heavy (non-hydrogen) atoms. The van der Waals surface area contributed by atoms with Gasteiger partial charge in [-0.3, -0.25) is 13.9 Å². The summed E-state index contributed by atoms with van der Waals surface area (Å²) < 4.78 is 31.1. The largest absolute Gasteiger partial charge is 0.378 e. The highest BCUT2D eigenvalue weighted by molar-refractivity contribution is 7.92. The third-order valence-electron chi connectivity index (χ3n) is 4.84. The average Bonchev–Trinajstić information content (AvgIpc) is 2.72. The van der Waals surface area contributed by atoms with Crippen LogP contribution in [0.1, 0.15) is 15.9 Å². The maximum absolute atomic E-state index is 12.9. The molecular formula is C21H24ClN3O5S. The highest BCUT2D eigenvalue weighted by Gasteiger charge is 2.25. The van der Waals surface area contributed by atoms with Crippen LogP contribution in [0.4, 0.5) is 11.4 Å². The molecule has 8 nitrogen and oxygen atoms in total. The molecular weight excluding hydrogens is 442 g/mol. The summed E-state index contributed by atoms with van der Waals surface area (Å²) in [6.45, 7) is 3.14. The number of hydrogen-bond donors (Lipinski definition) is 1. The monoisotopic (exact) mass is 465 g/mol. The van der Waals surface area contributed by atoms with Crippen molar-refractivity contribution >= 4 is 44.8 Å². The van der Waals surface area contributed by atoms with Crippen LogP contribution in [0, 0.1) is 6.92 Å². The van der Waals surface area contributed by atoms with E-state index < -0.39 is 22.5 Å². The molecule has 2 aromatic carbocycles. The Bertz CT molecular complexity index is 1080. The van der Waals surface area contributed by atoms with Crippen LogP contribution < -0.4 is 9.62 Å². The fourth-order valence-corrected chi connectivity index (χ4v) is 4.46. The maximum atomic E-state index is 12.9. The van der Waals surface area contributed by atoms with Crippen LogP contribution in [-0.4, -0.2) is 64.2 Å². The molecule has 10 heteroatoms. The van der Waals surface area contributed by atoms with Gasteiger partial charge in [0.2, 0.25) is 15.9 Å². The Labute approximate surface area is 186 Å². The standard InChI is InChI=1S/C21H24ClN3O5S/c1-15-13-16(22)7-8-19(15)25(31(2,28)29)14-20(26)23-18-6-4-3-5-17(18)21(27)24-9-11-30-12-10-24/h3-8,13H,9-12,14H2,1-2H3,(H,23,26). The summed E-state index contributed by atoms with van der Waals surface area (Å²) in [5.41, 5.74) is 1.64. The topological polar surface area (TPSA) is 96.0 Å². The van der Waals surface area contributed by atoms with Crippen LogP contribution in [0.2, 0.25) is 5.02 Å². The summed E-state index contributed by atoms with van der Waals surface area (Å²) in [5.74, 6) is -0.783. The lowest BCUT2D eigenvalue weighted by molar-refractivity contribution is -0.114. The van der Waals surface area contributed by atoms with Crippen LogP contribution in [0.5, 0.6) is 0 Å². The number of benzene rings is 2. The summed E-state index contributed by atoms with van der Waals surface area (Å²) >= 11 is 5.97. The molecule has 1 saturated heterocycles. The zero-order valence-electron chi connectivity index (χ0n) is 17.3. The first-order valence-electron chi connectivity index (χ1n) is 9.66. The number of aryl methyl sites for hydroxylation is 1. The number of rotatable bonds is 6. The van der Waals surface area contributed by atoms with Crippen molar-refractivity contribution in [3.05, 3.63) is 58.6 Å². The zero-order valence-corrected chi connectivity index (χ0v) is 18.9. The molecule has 0 atom stereocenters. The SMILES string of the molecule is Cc1cc(Cl)ccc1N(CC(=O)Nc1ccccc1C(=O)N1CCOCC1)S(C)(=O)=O. The Morgan fingerprint density at radius 2 is 1.84 bits per heavy atom. The number of para-hydroxylation sites is 1. The minimum atomic E-state index is -3.74. The van der Waals surface area contributed by atoms with Gasteiger partial charge in [-0.05, 0) is 42.8 Å². The average molecular weight is 466 g/mol. The number of sulfonamides is 1. The van der Waals surface area contributed by atoms with E-state index in [9.17, 15) is 18.0 Å². The van der Waals surface area contributed by atoms with Crippen LogP contribution in [0.15, 0.2) is 42.5 Å². The third kappa shape index (κ3) is 5.75. The van der Waals surface area contributed by atoms with E-state index in [4.69, 9.17) is 16.3 Å². The van der Waals surface area contributed by atoms with Crippen molar-refractivity contribution in [3.63, 3.8) is 0 Å². The molecule has 0 aromatic heterocycles. The first-order valence-corrected chi connectivity index (χ1v) is 11.9. The molecule has 1 heterocycles. The Balaban J connectivity index is 1.81. The van der Waals surface area contributed by atoms with Gasteiger partial charge in [0, 0.05) is 18.1 Å². The highest BCUT2D eigenvalue weighted by atomic mass is 35.5. The number of carbonyl (C=O) groups is 2. The Kier molecular flexibility index (Phi) is 7.19. The van der Waals surface area contributed by atoms with Gasteiger partial charge >= 0.3 is 0 Å². The van der Waals surface area contributed by atoms with Gasteiger partial charge in [0.25, 0.3) is 5.91 Å². The molecule has 1 fully saturated rings. The first kappa shape index (κ1) is 23.1. The van der Waals surface area contributed by atoms with E-state index in [1.807, 2.05) is 0 Å². The smallest absolute Gasteiger partial charge is 0.256 e. The Morgan fingerprint density at radius 3 is 2.48 bits per heavy atom. The summed E-state index contributed by atoms with van der Waals surface area (Å²) in [6, 6.07) is 11.4. The molecule has 1 N–H and O–H groups in total. The first-order chi connectivity index (χ1) is 14.7. The molecule has 166 valence electrons. The lowest BCUT2D eigenvalue weighted by Crippen LogP contribution is -2.41. The minimum Gasteiger partial charge on any atom is -0.378 e. The Hall–Kier alpha value is -2.62. The van der Waals surface area contributed by atoms with Gasteiger partial charge in [-0.1, -0.05) is 23.7 Å². The van der Waals surface area contributed by atoms with E-state index in [1.165, 1.54) is 0 Å². The number of anilines is 2. The minimum absolute atomic E-state index is 0.215. The normalized spacial score (nSPS) is 14.2. The van der Waals surface area contributed by atoms with Crippen molar-refractivity contribution in [2.24, 2.45) is 0 Å². The number of morpholine rings is 1. The number of nitrogens with zero attached hydrogens (tertiary/aromatic N) is 2. The lowest BCUT2D eigenvalue weighted by Gasteiger charge is -2.28. The molecule has 3 rings (SSSR count). The lowest BCUT2D eigenvalue weighted by atomic mass is 10.1. The van der Waals surface area contributed by atoms with Gasteiger partial charge in [0.15, 0.2) is 0 Å². The third-order valence-corrected chi connectivity index (χ3v) is 6.21. The summed E-state index contributed by atoms with van der Waals surface area (Å²) in [4.78, 5) is 27.3. The van der Waals surface area contributed by atoms with E-state index in [1.54, 1.807) is 54.3 Å². The number of carbonyl (C=O) groups excluding carboxylic acids is 2. The van der Waals surface area contributed by atoms with Gasteiger partial charge in [-0.2, -0.15) is 0 Å². The predicted octanol–water partition coefficient (Wildman–Crippen LogP) is 2.53. The van der Waals surface area contributed by atoms with Gasteiger partial charge in [0.05, 0.1) is 36.4 Å². The van der Waals surface area contributed by atoms with Crippen molar-refractivity contribution in [2.75, 3.05) is 48.7 Å².